The van der Waals surface area contributed by atoms with E-state index in [4.69, 9.17) is 11.6 Å². The number of halogens is 1. The van der Waals surface area contributed by atoms with Crippen molar-refractivity contribution in [2.45, 2.75) is 0 Å². The number of rotatable bonds is 3. The number of aromatic nitrogens is 1. The van der Waals surface area contributed by atoms with Gasteiger partial charge in [-0.2, -0.15) is 0 Å². The standard InChI is InChI=1S/C8H7ClN2O3/c1-14-8(13)7-6(9)2-5(3-10-7)11-4-12/h2-4H,1H3,(H,11,12). The molecule has 1 aromatic rings. The third-order valence-corrected chi connectivity index (χ3v) is 1.73. The highest BCUT2D eigenvalue weighted by Gasteiger charge is 2.12. The van der Waals surface area contributed by atoms with E-state index in [1.54, 1.807) is 0 Å². The second kappa shape index (κ2) is 4.57. The van der Waals surface area contributed by atoms with Gasteiger partial charge in [-0.1, -0.05) is 11.6 Å². The molecule has 0 aromatic carbocycles. The second-order valence-corrected chi connectivity index (χ2v) is 2.72. The average Bonchev–Trinajstić information content (AvgIpc) is 2.17. The SMILES string of the molecule is COC(=O)c1ncc(NC=O)cc1Cl. The van der Waals surface area contributed by atoms with Gasteiger partial charge in [0.25, 0.3) is 0 Å². The zero-order chi connectivity index (χ0) is 10.6. The summed E-state index contributed by atoms with van der Waals surface area (Å²) in [5.74, 6) is -0.618. The lowest BCUT2D eigenvalue weighted by Gasteiger charge is -2.02. The molecule has 1 amide bonds. The smallest absolute Gasteiger partial charge is 0.358 e. The van der Waals surface area contributed by atoms with E-state index in [9.17, 15) is 9.59 Å². The van der Waals surface area contributed by atoms with E-state index >= 15 is 0 Å². The first-order valence-corrected chi connectivity index (χ1v) is 4.01. The molecule has 0 spiro atoms. The molecule has 1 N–H and O–H groups in total. The number of carbonyl (C=O) groups is 2. The van der Waals surface area contributed by atoms with Crippen LogP contribution < -0.4 is 5.32 Å². The van der Waals surface area contributed by atoms with Gasteiger partial charge < -0.3 is 10.1 Å². The van der Waals surface area contributed by atoms with Crippen molar-refractivity contribution >= 4 is 29.7 Å². The van der Waals surface area contributed by atoms with Gasteiger partial charge >= 0.3 is 5.97 Å². The Balaban J connectivity index is 3.00. The molecule has 1 aromatic heterocycles. The lowest BCUT2D eigenvalue weighted by atomic mass is 10.3. The molecule has 0 fully saturated rings. The first-order chi connectivity index (χ1) is 6.69. The van der Waals surface area contributed by atoms with Crippen molar-refractivity contribution in [3.63, 3.8) is 0 Å². The Labute approximate surface area is 85.0 Å². The van der Waals surface area contributed by atoms with Crippen LogP contribution >= 0.6 is 11.6 Å². The van der Waals surface area contributed by atoms with E-state index in [1.807, 2.05) is 0 Å². The van der Waals surface area contributed by atoms with Crippen molar-refractivity contribution < 1.29 is 14.3 Å². The predicted octanol–water partition coefficient (Wildman–Crippen LogP) is 1.09. The Morgan fingerprint density at radius 1 is 1.71 bits per heavy atom. The summed E-state index contributed by atoms with van der Waals surface area (Å²) in [4.78, 5) is 24.9. The molecule has 0 aliphatic rings. The van der Waals surface area contributed by atoms with Crippen LogP contribution in [0.5, 0.6) is 0 Å². The Bertz CT molecular complexity index is 368. The Kier molecular flexibility index (Phi) is 3.41. The van der Waals surface area contributed by atoms with Gasteiger partial charge in [-0.3, -0.25) is 4.79 Å². The lowest BCUT2D eigenvalue weighted by Crippen LogP contribution is -2.06. The molecule has 14 heavy (non-hydrogen) atoms. The summed E-state index contributed by atoms with van der Waals surface area (Å²) in [6.07, 6.45) is 1.80. The quantitative estimate of drug-likeness (QED) is 0.604. The highest BCUT2D eigenvalue weighted by molar-refractivity contribution is 6.33. The zero-order valence-corrected chi connectivity index (χ0v) is 8.04. The van der Waals surface area contributed by atoms with Crippen LogP contribution in [0, 0.1) is 0 Å². The number of anilines is 1. The van der Waals surface area contributed by atoms with Crippen molar-refractivity contribution in [3.05, 3.63) is 23.0 Å². The first-order valence-electron chi connectivity index (χ1n) is 3.63. The van der Waals surface area contributed by atoms with Gasteiger partial charge in [-0.05, 0) is 6.07 Å². The third-order valence-electron chi connectivity index (χ3n) is 1.45. The van der Waals surface area contributed by atoms with Crippen LogP contribution in [-0.2, 0) is 9.53 Å². The minimum Gasteiger partial charge on any atom is -0.464 e. The molecule has 5 nitrogen and oxygen atoms in total. The maximum Gasteiger partial charge on any atom is 0.358 e. The normalized spacial score (nSPS) is 9.29. The summed E-state index contributed by atoms with van der Waals surface area (Å²) in [7, 11) is 1.23. The van der Waals surface area contributed by atoms with Gasteiger partial charge in [-0.25, -0.2) is 9.78 Å². The Morgan fingerprint density at radius 3 is 2.93 bits per heavy atom. The molecular formula is C8H7ClN2O3. The van der Waals surface area contributed by atoms with Crippen molar-refractivity contribution in [3.8, 4) is 0 Å². The molecule has 0 aliphatic heterocycles. The van der Waals surface area contributed by atoms with Crippen molar-refractivity contribution in [1.29, 1.82) is 0 Å². The number of carbonyl (C=O) groups excluding carboxylic acids is 2. The molecule has 1 heterocycles. The number of pyridine rings is 1. The Morgan fingerprint density at radius 2 is 2.43 bits per heavy atom. The molecule has 0 bridgehead atoms. The molecule has 0 radical (unpaired) electrons. The number of nitrogens with zero attached hydrogens (tertiary/aromatic N) is 1. The van der Waals surface area contributed by atoms with E-state index in [0.29, 0.717) is 12.1 Å². The summed E-state index contributed by atoms with van der Waals surface area (Å²) in [5, 5.41) is 2.48. The minimum atomic E-state index is -0.618. The number of esters is 1. The van der Waals surface area contributed by atoms with Gasteiger partial charge in [0, 0.05) is 0 Å². The van der Waals surface area contributed by atoms with Crippen LogP contribution in [0.1, 0.15) is 10.5 Å². The summed E-state index contributed by atoms with van der Waals surface area (Å²) < 4.78 is 4.44. The van der Waals surface area contributed by atoms with E-state index < -0.39 is 5.97 Å². The number of nitrogens with one attached hydrogen (secondary N) is 1. The van der Waals surface area contributed by atoms with E-state index in [0.717, 1.165) is 0 Å². The molecular weight excluding hydrogens is 208 g/mol. The van der Waals surface area contributed by atoms with Gasteiger partial charge in [0.2, 0.25) is 6.41 Å². The van der Waals surface area contributed by atoms with Crippen LogP contribution in [0.25, 0.3) is 0 Å². The van der Waals surface area contributed by atoms with Gasteiger partial charge in [0.05, 0.1) is 24.0 Å². The number of methoxy groups -OCH3 is 1. The maximum absolute atomic E-state index is 11.0. The fourth-order valence-electron chi connectivity index (χ4n) is 0.832. The van der Waals surface area contributed by atoms with Gasteiger partial charge in [0.1, 0.15) is 0 Å². The average molecular weight is 215 g/mol. The molecule has 6 heteroatoms. The summed E-state index contributed by atoms with van der Waals surface area (Å²) in [6, 6.07) is 1.41. The fourth-order valence-corrected chi connectivity index (χ4v) is 1.08. The van der Waals surface area contributed by atoms with Crippen molar-refractivity contribution in [2.75, 3.05) is 12.4 Å². The highest BCUT2D eigenvalue weighted by Crippen LogP contribution is 2.18. The zero-order valence-electron chi connectivity index (χ0n) is 7.28. The van der Waals surface area contributed by atoms with Crippen LogP contribution in [0.15, 0.2) is 12.3 Å². The number of hydrogen-bond acceptors (Lipinski definition) is 4. The number of ether oxygens (including phenoxy) is 1. The number of hydrogen-bond donors (Lipinski definition) is 1. The van der Waals surface area contributed by atoms with Crippen molar-refractivity contribution in [2.24, 2.45) is 0 Å². The number of amides is 1. The summed E-state index contributed by atoms with van der Waals surface area (Å²) in [5.41, 5.74) is 0.434. The second-order valence-electron chi connectivity index (χ2n) is 2.31. The molecule has 0 atom stereocenters. The summed E-state index contributed by atoms with van der Waals surface area (Å²) >= 11 is 5.72. The molecule has 0 saturated heterocycles. The molecule has 0 aliphatic carbocycles. The van der Waals surface area contributed by atoms with E-state index in [2.05, 4.69) is 15.0 Å². The van der Waals surface area contributed by atoms with Crippen LogP contribution in [-0.4, -0.2) is 24.5 Å². The largest absolute Gasteiger partial charge is 0.464 e. The van der Waals surface area contributed by atoms with Crippen molar-refractivity contribution in [1.82, 2.24) is 4.98 Å². The molecule has 0 saturated carbocycles. The maximum atomic E-state index is 11.0. The predicted molar refractivity (Wildman–Crippen MR) is 50.3 cm³/mol. The fraction of sp³-hybridized carbons (Fsp3) is 0.125. The van der Waals surface area contributed by atoms with E-state index in [1.165, 1.54) is 19.4 Å². The minimum absolute atomic E-state index is 0.0191. The van der Waals surface area contributed by atoms with Gasteiger partial charge in [-0.15, -0.1) is 0 Å². The summed E-state index contributed by atoms with van der Waals surface area (Å²) in [6.45, 7) is 0. The molecule has 0 unspecified atom stereocenters. The first kappa shape index (κ1) is 10.5. The monoisotopic (exact) mass is 214 g/mol. The highest BCUT2D eigenvalue weighted by atomic mass is 35.5. The Hall–Kier alpha value is -1.62. The third kappa shape index (κ3) is 2.20. The van der Waals surface area contributed by atoms with Crippen LogP contribution in [0.3, 0.4) is 0 Å². The van der Waals surface area contributed by atoms with Crippen LogP contribution in [0.2, 0.25) is 5.02 Å². The topological polar surface area (TPSA) is 68.3 Å². The molecule has 1 rings (SSSR count). The molecule has 74 valence electrons. The van der Waals surface area contributed by atoms with Crippen LogP contribution in [0.4, 0.5) is 5.69 Å². The van der Waals surface area contributed by atoms with E-state index in [-0.39, 0.29) is 10.7 Å². The van der Waals surface area contributed by atoms with Gasteiger partial charge in [0.15, 0.2) is 5.69 Å². The lowest BCUT2D eigenvalue weighted by molar-refractivity contribution is -0.105.